The van der Waals surface area contributed by atoms with E-state index in [0.29, 0.717) is 12.8 Å². The molecular formula is C16H19N3O. The normalized spacial score (nSPS) is 24.1. The summed E-state index contributed by atoms with van der Waals surface area (Å²) < 4.78 is 0. The molecule has 1 unspecified atom stereocenters. The molecule has 0 aromatic heterocycles. The number of piperidine rings is 1. The molecule has 1 amide bonds. The lowest BCUT2D eigenvalue weighted by atomic mass is 9.76. The standard InChI is InChI=1S/C16H19N3O/c1-19-8-6-16(11-17,7-9-19)18-15(20)14-10-12-4-2-3-5-13(12)14/h2-5,14H,6-10H2,1H3,(H,18,20). The molecule has 0 radical (unpaired) electrons. The summed E-state index contributed by atoms with van der Waals surface area (Å²) in [5.41, 5.74) is 1.70. The molecule has 1 fully saturated rings. The summed E-state index contributed by atoms with van der Waals surface area (Å²) in [6.07, 6.45) is 2.21. The highest BCUT2D eigenvalue weighted by Gasteiger charge is 2.39. The second kappa shape index (κ2) is 4.92. The predicted octanol–water partition coefficient (Wildman–Crippen LogP) is 1.43. The van der Waals surface area contributed by atoms with Crippen LogP contribution in [-0.4, -0.2) is 36.5 Å². The third-order valence-electron chi connectivity index (χ3n) is 4.59. The summed E-state index contributed by atoms with van der Waals surface area (Å²) in [6, 6.07) is 10.4. The van der Waals surface area contributed by atoms with Crippen molar-refractivity contribution in [2.24, 2.45) is 0 Å². The Hall–Kier alpha value is -1.86. The van der Waals surface area contributed by atoms with E-state index in [1.807, 2.05) is 25.2 Å². The number of likely N-dealkylation sites (tertiary alicyclic amines) is 1. The molecule has 0 spiro atoms. The van der Waals surface area contributed by atoms with E-state index in [0.717, 1.165) is 25.1 Å². The maximum Gasteiger partial charge on any atom is 0.229 e. The highest BCUT2D eigenvalue weighted by molar-refractivity contribution is 5.87. The van der Waals surface area contributed by atoms with Crippen LogP contribution in [-0.2, 0) is 11.2 Å². The summed E-state index contributed by atoms with van der Waals surface area (Å²) in [4.78, 5) is 14.6. The number of nitriles is 1. The molecule has 3 rings (SSSR count). The minimum atomic E-state index is -0.672. The Labute approximate surface area is 119 Å². The number of fused-ring (bicyclic) bond motifs is 1. The van der Waals surface area contributed by atoms with Gasteiger partial charge in [0.1, 0.15) is 5.54 Å². The third-order valence-corrected chi connectivity index (χ3v) is 4.59. The van der Waals surface area contributed by atoms with E-state index in [4.69, 9.17) is 0 Å². The monoisotopic (exact) mass is 269 g/mol. The number of amides is 1. The molecule has 1 N–H and O–H groups in total. The second-order valence-corrected chi connectivity index (χ2v) is 5.94. The molecule has 4 nitrogen and oxygen atoms in total. The Morgan fingerprint density at radius 2 is 2.10 bits per heavy atom. The van der Waals surface area contributed by atoms with Gasteiger partial charge in [-0.1, -0.05) is 24.3 Å². The van der Waals surface area contributed by atoms with Gasteiger partial charge in [0.25, 0.3) is 0 Å². The van der Waals surface area contributed by atoms with Gasteiger partial charge in [0.15, 0.2) is 0 Å². The number of hydrogen-bond acceptors (Lipinski definition) is 3. The van der Waals surface area contributed by atoms with E-state index < -0.39 is 5.54 Å². The van der Waals surface area contributed by atoms with Crippen LogP contribution in [0.3, 0.4) is 0 Å². The van der Waals surface area contributed by atoms with Crippen molar-refractivity contribution in [2.45, 2.75) is 30.7 Å². The molecule has 0 bridgehead atoms. The Bertz CT molecular complexity index is 567. The first kappa shape index (κ1) is 13.1. The molecule has 4 heteroatoms. The highest BCUT2D eigenvalue weighted by atomic mass is 16.2. The summed E-state index contributed by atoms with van der Waals surface area (Å²) in [6.45, 7) is 1.71. The van der Waals surface area contributed by atoms with Crippen molar-refractivity contribution in [3.8, 4) is 6.07 Å². The van der Waals surface area contributed by atoms with Crippen LogP contribution in [0, 0.1) is 11.3 Å². The largest absolute Gasteiger partial charge is 0.337 e. The lowest BCUT2D eigenvalue weighted by Gasteiger charge is -2.38. The van der Waals surface area contributed by atoms with Gasteiger partial charge in [0, 0.05) is 13.1 Å². The van der Waals surface area contributed by atoms with Crippen LogP contribution in [0.1, 0.15) is 29.9 Å². The SMILES string of the molecule is CN1CCC(C#N)(NC(=O)C2Cc3ccccc32)CC1. The molecule has 1 heterocycles. The molecule has 2 aliphatic rings. The van der Waals surface area contributed by atoms with Crippen LogP contribution >= 0.6 is 0 Å². The van der Waals surface area contributed by atoms with E-state index in [9.17, 15) is 10.1 Å². The topological polar surface area (TPSA) is 56.1 Å². The molecule has 1 atom stereocenters. The minimum Gasteiger partial charge on any atom is -0.337 e. The van der Waals surface area contributed by atoms with Crippen LogP contribution in [0.4, 0.5) is 0 Å². The van der Waals surface area contributed by atoms with E-state index >= 15 is 0 Å². The molecule has 1 aliphatic heterocycles. The van der Waals surface area contributed by atoms with Crippen LogP contribution in [0.2, 0.25) is 0 Å². The Morgan fingerprint density at radius 1 is 1.40 bits per heavy atom. The van der Waals surface area contributed by atoms with Crippen molar-refractivity contribution >= 4 is 5.91 Å². The molecule has 1 aliphatic carbocycles. The van der Waals surface area contributed by atoms with Crippen LogP contribution < -0.4 is 5.32 Å². The fourth-order valence-corrected chi connectivity index (χ4v) is 3.08. The van der Waals surface area contributed by atoms with Gasteiger partial charge in [0.2, 0.25) is 5.91 Å². The van der Waals surface area contributed by atoms with Gasteiger partial charge in [-0.2, -0.15) is 5.26 Å². The van der Waals surface area contributed by atoms with Crippen molar-refractivity contribution in [2.75, 3.05) is 20.1 Å². The van der Waals surface area contributed by atoms with E-state index in [1.54, 1.807) is 0 Å². The number of carbonyl (C=O) groups excluding carboxylic acids is 1. The van der Waals surface area contributed by atoms with Gasteiger partial charge < -0.3 is 10.2 Å². The van der Waals surface area contributed by atoms with Gasteiger partial charge in [-0.3, -0.25) is 4.79 Å². The molecule has 1 saturated heterocycles. The van der Waals surface area contributed by atoms with Gasteiger partial charge in [-0.25, -0.2) is 0 Å². The lowest BCUT2D eigenvalue weighted by Crippen LogP contribution is -2.55. The quantitative estimate of drug-likeness (QED) is 0.883. The van der Waals surface area contributed by atoms with Crippen molar-refractivity contribution in [3.63, 3.8) is 0 Å². The summed E-state index contributed by atoms with van der Waals surface area (Å²) in [5.74, 6) is -0.0640. The Kier molecular flexibility index (Phi) is 3.23. The number of nitrogens with one attached hydrogen (secondary N) is 1. The zero-order chi connectivity index (χ0) is 14.2. The average Bonchev–Trinajstić information content (AvgIpc) is 2.43. The Balaban J connectivity index is 1.69. The van der Waals surface area contributed by atoms with Gasteiger partial charge >= 0.3 is 0 Å². The first-order valence-corrected chi connectivity index (χ1v) is 7.13. The van der Waals surface area contributed by atoms with E-state index in [1.165, 1.54) is 5.56 Å². The number of benzene rings is 1. The second-order valence-electron chi connectivity index (χ2n) is 5.94. The summed E-state index contributed by atoms with van der Waals surface area (Å²) in [7, 11) is 2.05. The van der Waals surface area contributed by atoms with Gasteiger partial charge in [0.05, 0.1) is 12.0 Å². The fourth-order valence-electron chi connectivity index (χ4n) is 3.08. The zero-order valence-corrected chi connectivity index (χ0v) is 11.7. The molecule has 1 aromatic carbocycles. The molecule has 0 saturated carbocycles. The number of rotatable bonds is 2. The number of hydrogen-bond donors (Lipinski definition) is 1. The first-order valence-electron chi connectivity index (χ1n) is 7.13. The van der Waals surface area contributed by atoms with E-state index in [2.05, 4.69) is 22.4 Å². The van der Waals surface area contributed by atoms with E-state index in [-0.39, 0.29) is 11.8 Å². The minimum absolute atomic E-state index is 0.00908. The number of nitrogens with zero attached hydrogens (tertiary/aromatic N) is 2. The maximum atomic E-state index is 12.4. The highest BCUT2D eigenvalue weighted by Crippen LogP contribution is 2.35. The average molecular weight is 269 g/mol. The van der Waals surface area contributed by atoms with Gasteiger partial charge in [-0.05, 0) is 37.4 Å². The van der Waals surface area contributed by atoms with Crippen LogP contribution in [0.25, 0.3) is 0 Å². The third kappa shape index (κ3) is 2.19. The maximum absolute atomic E-state index is 12.4. The molecule has 20 heavy (non-hydrogen) atoms. The lowest BCUT2D eigenvalue weighted by molar-refractivity contribution is -0.124. The Morgan fingerprint density at radius 3 is 2.75 bits per heavy atom. The van der Waals surface area contributed by atoms with Crippen molar-refractivity contribution in [3.05, 3.63) is 35.4 Å². The fraction of sp³-hybridized carbons (Fsp3) is 0.500. The first-order chi connectivity index (χ1) is 9.63. The van der Waals surface area contributed by atoms with Gasteiger partial charge in [-0.15, -0.1) is 0 Å². The number of carbonyl (C=O) groups is 1. The molecule has 104 valence electrons. The summed E-state index contributed by atoms with van der Waals surface area (Å²) >= 11 is 0. The molecule has 1 aromatic rings. The van der Waals surface area contributed by atoms with Crippen molar-refractivity contribution < 1.29 is 4.79 Å². The van der Waals surface area contributed by atoms with Crippen LogP contribution in [0.15, 0.2) is 24.3 Å². The summed E-state index contributed by atoms with van der Waals surface area (Å²) in [5, 5.41) is 12.5. The van der Waals surface area contributed by atoms with Crippen LogP contribution in [0.5, 0.6) is 0 Å². The smallest absolute Gasteiger partial charge is 0.229 e. The predicted molar refractivity (Wildman–Crippen MR) is 76.1 cm³/mol. The molecular weight excluding hydrogens is 250 g/mol. The van der Waals surface area contributed by atoms with Crippen molar-refractivity contribution in [1.82, 2.24) is 10.2 Å². The van der Waals surface area contributed by atoms with Crippen molar-refractivity contribution in [1.29, 1.82) is 5.26 Å². The zero-order valence-electron chi connectivity index (χ0n) is 11.7.